The summed E-state index contributed by atoms with van der Waals surface area (Å²) >= 11 is 1.29. The molecule has 35 heavy (non-hydrogen) atoms. The number of anilines is 1. The number of nitrogens with one attached hydrogen (secondary N) is 1. The second kappa shape index (κ2) is 11.4. The first kappa shape index (κ1) is 26.2. The highest BCUT2D eigenvalue weighted by molar-refractivity contribution is 7.99. The van der Waals surface area contributed by atoms with Gasteiger partial charge < -0.3 is 10.1 Å². The summed E-state index contributed by atoms with van der Waals surface area (Å²) < 4.78 is 8.03. The number of Topliss-reactive ketones (excluding diaryl/α,β-unsaturated/α-hetero) is 1. The van der Waals surface area contributed by atoms with Crippen molar-refractivity contribution in [3.8, 4) is 5.75 Å². The zero-order valence-electron chi connectivity index (χ0n) is 20.9. The molecule has 0 bridgehead atoms. The molecule has 8 heteroatoms. The van der Waals surface area contributed by atoms with Gasteiger partial charge in [0, 0.05) is 17.8 Å². The lowest BCUT2D eigenvalue weighted by Gasteiger charge is -2.20. The zero-order valence-corrected chi connectivity index (χ0v) is 21.7. The van der Waals surface area contributed by atoms with E-state index in [1.807, 2.05) is 23.6 Å². The molecule has 0 radical (unpaired) electrons. The van der Waals surface area contributed by atoms with E-state index in [2.05, 4.69) is 55.0 Å². The quantitative estimate of drug-likeness (QED) is 0.218. The van der Waals surface area contributed by atoms with Crippen LogP contribution in [0.15, 0.2) is 66.3 Å². The van der Waals surface area contributed by atoms with Gasteiger partial charge in [0.05, 0.1) is 5.75 Å². The molecule has 1 aromatic heterocycles. The van der Waals surface area contributed by atoms with Gasteiger partial charge in [-0.2, -0.15) is 0 Å². The fourth-order valence-electron chi connectivity index (χ4n) is 3.41. The molecule has 184 valence electrons. The van der Waals surface area contributed by atoms with Crippen LogP contribution in [0.1, 0.15) is 62.5 Å². The minimum absolute atomic E-state index is 0.0177. The summed E-state index contributed by atoms with van der Waals surface area (Å²) in [5, 5.41) is 12.1. The smallest absolute Gasteiger partial charge is 0.234 e. The standard InChI is InChI=1S/C27H32N4O3S/c1-7-16-31-25(19(3)34-23-14-10-21(11-15-23)27(4,5)6)29-30-26(31)35-17-24(33)28-22-12-8-20(9-13-22)18(2)32/h7-15,19H,1,16-17H2,2-6H3,(H,28,33). The lowest BCUT2D eigenvalue weighted by Crippen LogP contribution is -2.15. The number of nitrogens with zero attached hydrogens (tertiary/aromatic N) is 3. The molecule has 1 heterocycles. The monoisotopic (exact) mass is 492 g/mol. The highest BCUT2D eigenvalue weighted by Gasteiger charge is 2.20. The van der Waals surface area contributed by atoms with Gasteiger partial charge in [-0.3, -0.25) is 14.2 Å². The van der Waals surface area contributed by atoms with Crippen molar-refractivity contribution in [1.29, 1.82) is 0 Å². The predicted octanol–water partition coefficient (Wildman–Crippen LogP) is 5.84. The van der Waals surface area contributed by atoms with Gasteiger partial charge in [0.2, 0.25) is 5.91 Å². The van der Waals surface area contributed by atoms with Crippen molar-refractivity contribution in [2.24, 2.45) is 0 Å². The summed E-state index contributed by atoms with van der Waals surface area (Å²) in [6, 6.07) is 14.9. The first-order valence-corrected chi connectivity index (χ1v) is 12.4. The molecule has 0 aliphatic rings. The molecule has 3 aromatic rings. The second-order valence-electron chi connectivity index (χ2n) is 9.24. The molecule has 1 unspecified atom stereocenters. The van der Waals surface area contributed by atoms with Crippen LogP contribution in [-0.4, -0.2) is 32.2 Å². The van der Waals surface area contributed by atoms with Gasteiger partial charge in [-0.25, -0.2) is 0 Å². The van der Waals surface area contributed by atoms with Crippen LogP contribution in [0.4, 0.5) is 5.69 Å². The molecule has 7 nitrogen and oxygen atoms in total. The van der Waals surface area contributed by atoms with Crippen LogP contribution in [0, 0.1) is 0 Å². The third-order valence-electron chi connectivity index (χ3n) is 5.36. The van der Waals surface area contributed by atoms with E-state index in [4.69, 9.17) is 4.74 Å². The molecule has 0 saturated heterocycles. The number of hydrogen-bond acceptors (Lipinski definition) is 6. The Morgan fingerprint density at radius 1 is 1.11 bits per heavy atom. The van der Waals surface area contributed by atoms with Crippen molar-refractivity contribution in [3.63, 3.8) is 0 Å². The van der Waals surface area contributed by atoms with Crippen LogP contribution in [0.5, 0.6) is 5.75 Å². The molecule has 1 amide bonds. The van der Waals surface area contributed by atoms with Crippen molar-refractivity contribution >= 4 is 29.1 Å². The SMILES string of the molecule is C=CCn1c(SCC(=O)Nc2ccc(C(C)=O)cc2)nnc1C(C)Oc1ccc(C(C)(C)C)cc1. The molecule has 1 atom stereocenters. The van der Waals surface area contributed by atoms with Gasteiger partial charge in [0.1, 0.15) is 5.75 Å². The van der Waals surface area contributed by atoms with E-state index >= 15 is 0 Å². The molecule has 0 fully saturated rings. The Balaban J connectivity index is 1.64. The highest BCUT2D eigenvalue weighted by atomic mass is 32.2. The summed E-state index contributed by atoms with van der Waals surface area (Å²) in [7, 11) is 0. The van der Waals surface area contributed by atoms with Crippen LogP contribution >= 0.6 is 11.8 Å². The van der Waals surface area contributed by atoms with E-state index in [0.29, 0.717) is 28.8 Å². The maximum atomic E-state index is 12.5. The first-order chi connectivity index (χ1) is 16.6. The molecule has 1 N–H and O–H groups in total. The van der Waals surface area contributed by atoms with E-state index in [1.54, 1.807) is 30.3 Å². The number of amides is 1. The van der Waals surface area contributed by atoms with E-state index < -0.39 is 0 Å². The van der Waals surface area contributed by atoms with E-state index in [0.717, 1.165) is 5.75 Å². The van der Waals surface area contributed by atoms with Gasteiger partial charge in [-0.15, -0.1) is 16.8 Å². The lowest BCUT2D eigenvalue weighted by molar-refractivity contribution is -0.113. The fraction of sp³-hybridized carbons (Fsp3) is 0.333. The highest BCUT2D eigenvalue weighted by Crippen LogP contribution is 2.28. The summed E-state index contributed by atoms with van der Waals surface area (Å²) in [5.74, 6) is 1.38. The minimum Gasteiger partial charge on any atom is -0.483 e. The Labute approximate surface area is 211 Å². The topological polar surface area (TPSA) is 86.1 Å². The summed E-state index contributed by atoms with van der Waals surface area (Å²) in [4.78, 5) is 23.9. The van der Waals surface area contributed by atoms with Crippen LogP contribution in [-0.2, 0) is 16.8 Å². The molecular formula is C27H32N4O3S. The van der Waals surface area contributed by atoms with Crippen LogP contribution in [0.25, 0.3) is 0 Å². The average molecular weight is 493 g/mol. The number of carbonyl (C=O) groups excluding carboxylic acids is 2. The van der Waals surface area contributed by atoms with Gasteiger partial charge in [-0.05, 0) is 61.2 Å². The maximum Gasteiger partial charge on any atom is 0.234 e. The van der Waals surface area contributed by atoms with E-state index in [1.165, 1.54) is 24.2 Å². The number of allylic oxidation sites excluding steroid dienone is 1. The van der Waals surface area contributed by atoms with Gasteiger partial charge >= 0.3 is 0 Å². The Morgan fingerprint density at radius 3 is 2.34 bits per heavy atom. The fourth-order valence-corrected chi connectivity index (χ4v) is 4.17. The molecule has 0 saturated carbocycles. The van der Waals surface area contributed by atoms with Crippen molar-refractivity contribution in [3.05, 3.63) is 78.1 Å². The molecule has 2 aromatic carbocycles. The summed E-state index contributed by atoms with van der Waals surface area (Å²) in [5.41, 5.74) is 2.54. The largest absolute Gasteiger partial charge is 0.483 e. The molecule has 3 rings (SSSR count). The Hall–Kier alpha value is -3.39. The van der Waals surface area contributed by atoms with Gasteiger partial charge in [0.15, 0.2) is 22.9 Å². The van der Waals surface area contributed by atoms with E-state index in [9.17, 15) is 9.59 Å². The van der Waals surface area contributed by atoms with Crippen molar-refractivity contribution in [2.75, 3.05) is 11.1 Å². The minimum atomic E-state index is -0.342. The number of carbonyl (C=O) groups is 2. The average Bonchev–Trinajstić information content (AvgIpc) is 3.21. The normalized spacial score (nSPS) is 12.1. The Bertz CT molecular complexity index is 1180. The van der Waals surface area contributed by atoms with Gasteiger partial charge in [-0.1, -0.05) is 50.7 Å². The first-order valence-electron chi connectivity index (χ1n) is 11.4. The number of hydrogen-bond donors (Lipinski definition) is 1. The third-order valence-corrected chi connectivity index (χ3v) is 6.33. The van der Waals surface area contributed by atoms with Gasteiger partial charge in [0.25, 0.3) is 0 Å². The summed E-state index contributed by atoms with van der Waals surface area (Å²) in [6.45, 7) is 14.3. The third kappa shape index (κ3) is 7.05. The number of aromatic nitrogens is 3. The Kier molecular flexibility index (Phi) is 8.51. The number of thioether (sulfide) groups is 1. The second-order valence-corrected chi connectivity index (χ2v) is 10.2. The number of benzene rings is 2. The molecular weight excluding hydrogens is 460 g/mol. The van der Waals surface area contributed by atoms with Crippen LogP contribution in [0.3, 0.4) is 0 Å². The molecule has 0 aliphatic heterocycles. The Morgan fingerprint density at radius 2 is 1.77 bits per heavy atom. The molecule has 0 aliphatic carbocycles. The van der Waals surface area contributed by atoms with Crippen LogP contribution in [0.2, 0.25) is 0 Å². The molecule has 0 spiro atoms. The van der Waals surface area contributed by atoms with Crippen molar-refractivity contribution in [2.45, 2.75) is 57.8 Å². The summed E-state index contributed by atoms with van der Waals surface area (Å²) in [6.07, 6.45) is 1.42. The van der Waals surface area contributed by atoms with Crippen molar-refractivity contribution in [1.82, 2.24) is 14.8 Å². The number of ether oxygens (including phenoxy) is 1. The number of ketones is 1. The number of rotatable bonds is 10. The van der Waals surface area contributed by atoms with E-state index in [-0.39, 0.29) is 29.0 Å². The van der Waals surface area contributed by atoms with Crippen LogP contribution < -0.4 is 10.1 Å². The predicted molar refractivity (Wildman–Crippen MR) is 140 cm³/mol. The van der Waals surface area contributed by atoms with Crippen molar-refractivity contribution < 1.29 is 14.3 Å². The lowest BCUT2D eigenvalue weighted by atomic mass is 9.87. The zero-order chi connectivity index (χ0) is 25.6. The maximum absolute atomic E-state index is 12.5.